The average molecular weight is 431 g/mol. The first kappa shape index (κ1) is 21.8. The SMILES string of the molecule is CCN(CCO)C(=O)c1sc2ncnc(NCc3cccc(OC)c3OC)c2c1C. The topological polar surface area (TPSA) is 96.8 Å². The number of aliphatic hydroxyl groups is 1. The molecule has 0 bridgehead atoms. The molecule has 1 aromatic carbocycles. The highest BCUT2D eigenvalue weighted by Gasteiger charge is 2.23. The number of aliphatic hydroxyl groups excluding tert-OH is 1. The van der Waals surface area contributed by atoms with Gasteiger partial charge in [0.2, 0.25) is 0 Å². The summed E-state index contributed by atoms with van der Waals surface area (Å²) in [6.07, 6.45) is 1.49. The molecule has 9 heteroatoms. The average Bonchev–Trinajstić information content (AvgIpc) is 3.12. The molecule has 0 saturated carbocycles. The Balaban J connectivity index is 1.93. The summed E-state index contributed by atoms with van der Waals surface area (Å²) < 4.78 is 10.9. The molecular weight excluding hydrogens is 404 g/mol. The van der Waals surface area contributed by atoms with Crippen molar-refractivity contribution in [1.29, 1.82) is 0 Å². The van der Waals surface area contributed by atoms with Crippen LogP contribution in [-0.4, -0.2) is 59.8 Å². The Morgan fingerprint density at radius 2 is 2.07 bits per heavy atom. The number of fused-ring (bicyclic) bond motifs is 1. The number of aromatic nitrogens is 2. The van der Waals surface area contributed by atoms with E-state index in [0.717, 1.165) is 21.3 Å². The lowest BCUT2D eigenvalue weighted by Crippen LogP contribution is -2.33. The second-order valence-corrected chi connectivity index (χ2v) is 7.57. The summed E-state index contributed by atoms with van der Waals surface area (Å²) in [6, 6.07) is 5.70. The second kappa shape index (κ2) is 9.73. The van der Waals surface area contributed by atoms with Crippen molar-refractivity contribution in [2.75, 3.05) is 39.2 Å². The standard InChI is InChI=1S/C21H26N4O4S/c1-5-25(9-10-26)21(27)18-13(2)16-19(23-12-24-20(16)30-18)22-11-14-7-6-8-15(28-3)17(14)29-4/h6-8,12,26H,5,9-11H2,1-4H3,(H,22,23,24). The van der Waals surface area contributed by atoms with E-state index < -0.39 is 0 Å². The van der Waals surface area contributed by atoms with Crippen molar-refractivity contribution in [1.82, 2.24) is 14.9 Å². The fourth-order valence-corrected chi connectivity index (χ4v) is 4.47. The molecule has 0 fully saturated rings. The number of anilines is 1. The number of nitrogens with zero attached hydrogens (tertiary/aromatic N) is 3. The van der Waals surface area contributed by atoms with Crippen molar-refractivity contribution >= 4 is 33.3 Å². The van der Waals surface area contributed by atoms with E-state index in [2.05, 4.69) is 15.3 Å². The number of thiophene rings is 1. The van der Waals surface area contributed by atoms with Crippen LogP contribution in [0.4, 0.5) is 5.82 Å². The molecule has 0 radical (unpaired) electrons. The van der Waals surface area contributed by atoms with Gasteiger partial charge >= 0.3 is 0 Å². The summed E-state index contributed by atoms with van der Waals surface area (Å²) >= 11 is 1.34. The van der Waals surface area contributed by atoms with Crippen LogP contribution in [0.2, 0.25) is 0 Å². The van der Waals surface area contributed by atoms with Crippen molar-refractivity contribution in [3.05, 3.63) is 40.5 Å². The number of ether oxygens (including phenoxy) is 2. The largest absolute Gasteiger partial charge is 0.493 e. The van der Waals surface area contributed by atoms with Gasteiger partial charge in [0.15, 0.2) is 11.5 Å². The van der Waals surface area contributed by atoms with E-state index in [-0.39, 0.29) is 12.5 Å². The minimum absolute atomic E-state index is 0.0709. The molecule has 0 aliphatic carbocycles. The summed E-state index contributed by atoms with van der Waals surface area (Å²) in [7, 11) is 3.21. The van der Waals surface area contributed by atoms with Gasteiger partial charge < -0.3 is 24.8 Å². The van der Waals surface area contributed by atoms with Crippen LogP contribution in [0.25, 0.3) is 10.2 Å². The Labute approximate surface area is 179 Å². The minimum atomic E-state index is -0.104. The van der Waals surface area contributed by atoms with E-state index in [9.17, 15) is 9.90 Å². The third-order valence-corrected chi connectivity index (χ3v) is 6.08. The Bertz CT molecular complexity index is 1040. The molecular formula is C21H26N4O4S. The molecule has 0 unspecified atom stereocenters. The Hall–Kier alpha value is -2.91. The third kappa shape index (κ3) is 4.17. The van der Waals surface area contributed by atoms with Crippen molar-refractivity contribution in [2.24, 2.45) is 0 Å². The number of carbonyl (C=O) groups excluding carboxylic acids is 1. The Morgan fingerprint density at radius 1 is 1.27 bits per heavy atom. The van der Waals surface area contributed by atoms with Crippen molar-refractivity contribution < 1.29 is 19.4 Å². The Morgan fingerprint density at radius 3 is 2.73 bits per heavy atom. The molecule has 0 aliphatic rings. The highest BCUT2D eigenvalue weighted by atomic mass is 32.1. The van der Waals surface area contributed by atoms with Gasteiger partial charge in [-0.15, -0.1) is 11.3 Å². The van der Waals surface area contributed by atoms with Crippen LogP contribution in [0.3, 0.4) is 0 Å². The van der Waals surface area contributed by atoms with E-state index >= 15 is 0 Å². The molecule has 160 valence electrons. The zero-order valence-corrected chi connectivity index (χ0v) is 18.4. The lowest BCUT2D eigenvalue weighted by molar-refractivity contribution is 0.0736. The quantitative estimate of drug-likeness (QED) is 0.538. The molecule has 2 aromatic heterocycles. The monoisotopic (exact) mass is 430 g/mol. The number of hydrogen-bond acceptors (Lipinski definition) is 8. The maximum absolute atomic E-state index is 12.9. The first-order valence-electron chi connectivity index (χ1n) is 9.63. The van der Waals surface area contributed by atoms with E-state index in [1.807, 2.05) is 32.0 Å². The number of methoxy groups -OCH3 is 2. The van der Waals surface area contributed by atoms with Gasteiger partial charge in [0, 0.05) is 25.2 Å². The first-order chi connectivity index (χ1) is 14.5. The van der Waals surface area contributed by atoms with E-state index in [1.165, 1.54) is 17.7 Å². The van der Waals surface area contributed by atoms with Gasteiger partial charge in [0.05, 0.1) is 31.1 Å². The number of rotatable bonds is 9. The highest BCUT2D eigenvalue weighted by molar-refractivity contribution is 7.20. The number of likely N-dealkylation sites (N-methyl/N-ethyl adjacent to an activating group) is 1. The lowest BCUT2D eigenvalue weighted by atomic mass is 10.1. The molecule has 3 rings (SSSR count). The van der Waals surface area contributed by atoms with Gasteiger partial charge in [-0.2, -0.15) is 0 Å². The van der Waals surface area contributed by atoms with Gasteiger partial charge in [-0.1, -0.05) is 12.1 Å². The second-order valence-electron chi connectivity index (χ2n) is 6.57. The number of amides is 1. The molecule has 8 nitrogen and oxygen atoms in total. The molecule has 0 aliphatic heterocycles. The molecule has 0 saturated heterocycles. The van der Waals surface area contributed by atoms with Gasteiger partial charge in [-0.3, -0.25) is 4.79 Å². The van der Waals surface area contributed by atoms with Crippen molar-refractivity contribution in [2.45, 2.75) is 20.4 Å². The van der Waals surface area contributed by atoms with Crippen LogP contribution in [0.15, 0.2) is 24.5 Å². The van der Waals surface area contributed by atoms with Crippen molar-refractivity contribution in [3.8, 4) is 11.5 Å². The lowest BCUT2D eigenvalue weighted by Gasteiger charge is -2.19. The zero-order valence-electron chi connectivity index (χ0n) is 17.6. The number of nitrogens with one attached hydrogen (secondary N) is 1. The van der Waals surface area contributed by atoms with Gasteiger partial charge in [0.25, 0.3) is 5.91 Å². The van der Waals surface area contributed by atoms with Gasteiger partial charge in [-0.05, 0) is 25.5 Å². The summed E-state index contributed by atoms with van der Waals surface area (Å²) in [5.74, 6) is 1.88. The molecule has 30 heavy (non-hydrogen) atoms. The minimum Gasteiger partial charge on any atom is -0.493 e. The predicted octanol–water partition coefficient (Wildman–Crippen LogP) is 3.08. The van der Waals surface area contributed by atoms with Crippen LogP contribution in [-0.2, 0) is 6.54 Å². The third-order valence-electron chi connectivity index (χ3n) is 4.89. The van der Waals surface area contributed by atoms with Crippen LogP contribution < -0.4 is 14.8 Å². The fraction of sp³-hybridized carbons (Fsp3) is 0.381. The maximum atomic E-state index is 12.9. The number of para-hydroxylation sites is 1. The highest BCUT2D eigenvalue weighted by Crippen LogP contribution is 2.35. The fourth-order valence-electron chi connectivity index (χ4n) is 3.35. The van der Waals surface area contributed by atoms with Crippen LogP contribution >= 0.6 is 11.3 Å². The molecule has 2 N–H and O–H groups in total. The van der Waals surface area contributed by atoms with Gasteiger partial charge in [0.1, 0.15) is 17.0 Å². The number of carbonyl (C=O) groups is 1. The van der Waals surface area contributed by atoms with E-state index in [4.69, 9.17) is 9.47 Å². The molecule has 2 heterocycles. The number of hydrogen-bond donors (Lipinski definition) is 2. The first-order valence-corrected chi connectivity index (χ1v) is 10.4. The molecule has 0 atom stereocenters. The summed E-state index contributed by atoms with van der Waals surface area (Å²) in [5, 5.41) is 13.4. The normalized spacial score (nSPS) is 10.8. The number of aryl methyl sites for hydroxylation is 1. The molecule has 3 aromatic rings. The van der Waals surface area contributed by atoms with Crippen LogP contribution in [0.5, 0.6) is 11.5 Å². The Kier molecular flexibility index (Phi) is 7.07. The maximum Gasteiger partial charge on any atom is 0.264 e. The smallest absolute Gasteiger partial charge is 0.264 e. The summed E-state index contributed by atoms with van der Waals surface area (Å²) in [4.78, 5) is 24.7. The van der Waals surface area contributed by atoms with Gasteiger partial charge in [-0.25, -0.2) is 9.97 Å². The molecule has 1 amide bonds. The molecule has 0 spiro atoms. The van der Waals surface area contributed by atoms with E-state index in [1.54, 1.807) is 19.1 Å². The zero-order chi connectivity index (χ0) is 21.7. The van der Waals surface area contributed by atoms with Crippen molar-refractivity contribution in [3.63, 3.8) is 0 Å². The van der Waals surface area contributed by atoms with Crippen LogP contribution in [0, 0.1) is 6.92 Å². The summed E-state index contributed by atoms with van der Waals surface area (Å²) in [5.41, 5.74) is 1.75. The van der Waals surface area contributed by atoms with Crippen LogP contribution in [0.1, 0.15) is 27.7 Å². The van der Waals surface area contributed by atoms with E-state index in [0.29, 0.717) is 41.8 Å². The predicted molar refractivity (Wildman–Crippen MR) is 118 cm³/mol. The summed E-state index contributed by atoms with van der Waals surface area (Å²) in [6.45, 7) is 5.02. The number of benzene rings is 1.